The van der Waals surface area contributed by atoms with E-state index in [2.05, 4.69) is 37.2 Å². The molecule has 3 aromatic heterocycles. The fourth-order valence-corrected chi connectivity index (χ4v) is 8.99. The van der Waals surface area contributed by atoms with Crippen molar-refractivity contribution in [1.82, 2.24) is 39.9 Å². The van der Waals surface area contributed by atoms with Crippen LogP contribution in [0.5, 0.6) is 0 Å². The Morgan fingerprint density at radius 3 is 1.82 bits per heavy atom. The molecule has 8 rings (SSSR count). The molecule has 60 heavy (non-hydrogen) atoms. The molecule has 0 spiro atoms. The average molecular weight is 878 g/mol. The molecular weight excluding hydrogens is 833 g/mol. The molecule has 2 amide bonds. The number of alkyl halides is 6. The molecular formula is C42H44Cl2F6N8O2. The molecule has 320 valence electrons. The molecule has 2 aromatic carbocycles. The first-order valence-corrected chi connectivity index (χ1v) is 20.8. The maximum atomic E-state index is 12.9. The van der Waals surface area contributed by atoms with Crippen LogP contribution in [0.3, 0.4) is 0 Å². The fraction of sp³-hybridized carbons (Fsp3) is 0.476. The van der Waals surface area contributed by atoms with Gasteiger partial charge in [0.2, 0.25) is 0 Å². The first-order valence-electron chi connectivity index (χ1n) is 20.0. The van der Waals surface area contributed by atoms with Crippen molar-refractivity contribution in [2.45, 2.75) is 115 Å². The molecule has 10 nitrogen and oxygen atoms in total. The monoisotopic (exact) mass is 876 g/mol. The highest BCUT2D eigenvalue weighted by molar-refractivity contribution is 6.34. The van der Waals surface area contributed by atoms with E-state index in [1.54, 1.807) is 12.5 Å². The Labute approximate surface area is 352 Å². The van der Waals surface area contributed by atoms with Crippen molar-refractivity contribution in [2.75, 3.05) is 0 Å². The average Bonchev–Trinajstić information content (AvgIpc) is 3.93. The molecule has 0 saturated heterocycles. The second kappa shape index (κ2) is 18.1. The zero-order valence-corrected chi connectivity index (χ0v) is 34.2. The van der Waals surface area contributed by atoms with Gasteiger partial charge in [-0.05, 0) is 131 Å². The van der Waals surface area contributed by atoms with E-state index in [0.717, 1.165) is 131 Å². The van der Waals surface area contributed by atoms with Gasteiger partial charge in [0.1, 0.15) is 11.8 Å². The van der Waals surface area contributed by atoms with E-state index in [9.17, 15) is 35.9 Å². The molecule has 3 aliphatic carbocycles. The van der Waals surface area contributed by atoms with E-state index < -0.39 is 35.3 Å². The van der Waals surface area contributed by atoms with E-state index >= 15 is 0 Å². The third-order valence-corrected chi connectivity index (χ3v) is 12.5. The predicted octanol–water partition coefficient (Wildman–Crippen LogP) is 9.83. The van der Waals surface area contributed by atoms with Gasteiger partial charge in [0.25, 0.3) is 11.8 Å². The third-order valence-electron chi connectivity index (χ3n) is 11.8. The molecule has 2 fully saturated rings. The van der Waals surface area contributed by atoms with Gasteiger partial charge in [-0.25, -0.2) is 15.0 Å². The molecule has 2 saturated carbocycles. The Kier molecular flexibility index (Phi) is 13.1. The van der Waals surface area contributed by atoms with Crippen molar-refractivity contribution in [3.05, 3.63) is 105 Å². The van der Waals surface area contributed by atoms with Crippen LogP contribution in [0.1, 0.15) is 107 Å². The molecule has 0 atom stereocenters. The van der Waals surface area contributed by atoms with Crippen LogP contribution in [0.2, 0.25) is 10.0 Å². The smallest absolute Gasteiger partial charge is 0.349 e. The van der Waals surface area contributed by atoms with Crippen LogP contribution in [-0.4, -0.2) is 53.2 Å². The van der Waals surface area contributed by atoms with Crippen molar-refractivity contribution in [3.8, 4) is 0 Å². The quantitative estimate of drug-likeness (QED) is 0.150. The summed E-state index contributed by atoms with van der Waals surface area (Å²) in [6.07, 6.45) is 6.06. The molecule has 0 bridgehead atoms. The van der Waals surface area contributed by atoms with Crippen molar-refractivity contribution >= 4 is 46.2 Å². The first kappa shape index (κ1) is 43.4. The maximum Gasteiger partial charge on any atom is 0.416 e. The summed E-state index contributed by atoms with van der Waals surface area (Å²) in [6.45, 7) is 3.75. The topological polar surface area (TPSA) is 120 Å². The lowest BCUT2D eigenvalue weighted by Crippen LogP contribution is -2.38. The van der Waals surface area contributed by atoms with Crippen LogP contribution in [0.15, 0.2) is 55.2 Å². The number of amides is 2. The van der Waals surface area contributed by atoms with E-state index in [0.29, 0.717) is 11.8 Å². The number of carbonyl (C=O) groups excluding carboxylic acids is 2. The number of benzene rings is 2. The Morgan fingerprint density at radius 2 is 1.28 bits per heavy atom. The third kappa shape index (κ3) is 10.2. The molecule has 3 heterocycles. The zero-order chi connectivity index (χ0) is 42.8. The second-order valence-corrected chi connectivity index (χ2v) is 16.8. The van der Waals surface area contributed by atoms with Gasteiger partial charge < -0.3 is 15.2 Å². The highest BCUT2D eigenvalue weighted by Crippen LogP contribution is 2.35. The maximum absolute atomic E-state index is 12.9. The fourth-order valence-electron chi connectivity index (χ4n) is 8.58. The largest absolute Gasteiger partial charge is 0.416 e. The van der Waals surface area contributed by atoms with Gasteiger partial charge in [-0.2, -0.15) is 31.4 Å². The number of aryl methyl sites for hydroxylation is 1. The van der Waals surface area contributed by atoms with Crippen molar-refractivity contribution < 1.29 is 35.9 Å². The number of halogens is 8. The number of carbonyl (C=O) groups is 2. The van der Waals surface area contributed by atoms with Crippen molar-refractivity contribution in [2.24, 2.45) is 11.8 Å². The van der Waals surface area contributed by atoms with Crippen LogP contribution < -0.4 is 10.6 Å². The number of fused-ring (bicyclic) bond motifs is 2. The Balaban J connectivity index is 0.000000181. The van der Waals surface area contributed by atoms with Gasteiger partial charge in [-0.1, -0.05) is 23.2 Å². The molecule has 0 radical (unpaired) electrons. The normalized spacial score (nSPS) is 20.6. The predicted molar refractivity (Wildman–Crippen MR) is 214 cm³/mol. The minimum atomic E-state index is -4.53. The van der Waals surface area contributed by atoms with Crippen LogP contribution in [0.25, 0.3) is 11.2 Å². The molecule has 2 N–H and O–H groups in total. The van der Waals surface area contributed by atoms with Crippen molar-refractivity contribution in [3.63, 3.8) is 0 Å². The van der Waals surface area contributed by atoms with Gasteiger partial charge in [0, 0.05) is 30.9 Å². The number of imidazole rings is 1. The van der Waals surface area contributed by atoms with Crippen LogP contribution in [0.4, 0.5) is 26.3 Å². The summed E-state index contributed by atoms with van der Waals surface area (Å²) in [5.74, 6) is -0.219. The standard InChI is InChI=1S/C22H25ClF3N3O.C20H19ClF3N5O/c1-13-17-3-2-4-20(17)29(28-13)12-14-5-8-16(9-6-14)27-21(30)18-11-15(22(24,25)26)7-10-19(18)23;21-16-6-3-13(20(22,23)24)7-15(16)19(30)28-14-4-1-12(2-5-14)9-29-11-27-17-8-25-10-26-18(17)29/h7,10-11,14,16H,2-6,8-9,12H2,1H3,(H,27,30);3,6-8,10-12,14H,1-2,4-5,9H2,(H,28,30). The zero-order valence-electron chi connectivity index (χ0n) is 32.7. The van der Waals surface area contributed by atoms with Gasteiger partial charge in [-0.15, -0.1) is 0 Å². The van der Waals surface area contributed by atoms with E-state index in [4.69, 9.17) is 28.3 Å². The van der Waals surface area contributed by atoms with Crippen molar-refractivity contribution in [1.29, 1.82) is 0 Å². The highest BCUT2D eigenvalue weighted by Gasteiger charge is 2.34. The summed E-state index contributed by atoms with van der Waals surface area (Å²) in [5, 5.41) is 10.4. The number of nitrogens with one attached hydrogen (secondary N) is 2. The summed E-state index contributed by atoms with van der Waals surface area (Å²) >= 11 is 11.9. The number of aromatic nitrogens is 6. The van der Waals surface area contributed by atoms with Gasteiger partial charge in [0.15, 0.2) is 5.65 Å². The van der Waals surface area contributed by atoms with Gasteiger partial charge in [0.05, 0.1) is 50.5 Å². The minimum Gasteiger partial charge on any atom is -0.349 e. The number of rotatable bonds is 8. The van der Waals surface area contributed by atoms with Gasteiger partial charge >= 0.3 is 12.4 Å². The lowest BCUT2D eigenvalue weighted by molar-refractivity contribution is -0.138. The summed E-state index contributed by atoms with van der Waals surface area (Å²) < 4.78 is 81.8. The van der Waals surface area contributed by atoms with E-state index in [-0.39, 0.29) is 33.3 Å². The summed E-state index contributed by atoms with van der Waals surface area (Å²) in [4.78, 5) is 37.6. The minimum absolute atomic E-state index is 0.00293. The molecule has 3 aliphatic rings. The lowest BCUT2D eigenvalue weighted by atomic mass is 9.86. The number of hydrogen-bond donors (Lipinski definition) is 2. The Bertz CT molecular complexity index is 2330. The summed E-state index contributed by atoms with van der Waals surface area (Å²) in [7, 11) is 0. The summed E-state index contributed by atoms with van der Waals surface area (Å²) in [6, 6.07) is 5.47. The van der Waals surface area contributed by atoms with Crippen LogP contribution >= 0.6 is 23.2 Å². The van der Waals surface area contributed by atoms with E-state index in [1.807, 2.05) is 4.57 Å². The van der Waals surface area contributed by atoms with Crippen LogP contribution in [0, 0.1) is 18.8 Å². The molecule has 18 heteroatoms. The van der Waals surface area contributed by atoms with Crippen LogP contribution in [-0.2, 0) is 38.3 Å². The summed E-state index contributed by atoms with van der Waals surface area (Å²) in [5.41, 5.74) is 3.42. The highest BCUT2D eigenvalue weighted by atomic mass is 35.5. The second-order valence-electron chi connectivity index (χ2n) is 15.9. The lowest BCUT2D eigenvalue weighted by Gasteiger charge is -2.29. The SMILES string of the molecule is Cc1nn(CC2CCC(NC(=O)c3cc(C(F)(F)F)ccc3Cl)CC2)c2c1CCC2.O=C(NC1CCC(Cn2cnc3cncnc32)CC1)c1cc(C(F)(F)F)ccc1Cl. The Hall–Kier alpha value is -4.70. The molecule has 0 aliphatic heterocycles. The van der Waals surface area contributed by atoms with E-state index in [1.165, 1.54) is 24.0 Å². The first-order chi connectivity index (χ1) is 28.5. The van der Waals surface area contributed by atoms with Gasteiger partial charge in [-0.3, -0.25) is 14.3 Å². The molecule has 0 unspecified atom stereocenters. The number of hydrogen-bond acceptors (Lipinski definition) is 6. The number of nitrogens with zero attached hydrogens (tertiary/aromatic N) is 6. The Morgan fingerprint density at radius 1 is 0.750 bits per heavy atom. The molecule has 5 aromatic rings.